The molecule has 0 amide bonds. The number of nitrogens with one attached hydrogen (secondary N) is 1. The smallest absolute Gasteiger partial charge is 0.223 e. The van der Waals surface area contributed by atoms with E-state index in [1.807, 2.05) is 24.3 Å². The van der Waals surface area contributed by atoms with E-state index >= 15 is 0 Å². The molecule has 0 unspecified atom stereocenters. The Morgan fingerprint density at radius 2 is 2.12 bits per heavy atom. The van der Waals surface area contributed by atoms with E-state index in [1.165, 1.54) is 0 Å². The maximum Gasteiger partial charge on any atom is 0.223 e. The van der Waals surface area contributed by atoms with Gasteiger partial charge in [-0.05, 0) is 17.7 Å². The monoisotopic (exact) mass is 228 g/mol. The molecular weight excluding hydrogens is 216 g/mol. The Balaban J connectivity index is 1.93. The van der Waals surface area contributed by atoms with Gasteiger partial charge in [-0.15, -0.1) is 0 Å². The lowest BCUT2D eigenvalue weighted by atomic mass is 10.1. The molecule has 1 aromatic carbocycles. The van der Waals surface area contributed by atoms with E-state index in [9.17, 15) is 0 Å². The minimum absolute atomic E-state index is 0.435. The maximum atomic E-state index is 8.55. The molecule has 0 radical (unpaired) electrons. The number of nitriles is 1. The van der Waals surface area contributed by atoms with Gasteiger partial charge in [-0.1, -0.05) is 17.3 Å². The molecule has 0 spiro atoms. The van der Waals surface area contributed by atoms with Gasteiger partial charge in [-0.25, -0.2) is 0 Å². The average Bonchev–Trinajstić information content (AvgIpc) is 2.75. The first kappa shape index (κ1) is 11.1. The van der Waals surface area contributed by atoms with Crippen LogP contribution in [0.25, 0.3) is 0 Å². The molecule has 0 saturated heterocycles. The van der Waals surface area contributed by atoms with Crippen molar-refractivity contribution in [2.75, 3.05) is 5.32 Å². The molecule has 0 aliphatic heterocycles. The third-order valence-electron chi connectivity index (χ3n) is 2.26. The Morgan fingerprint density at radius 1 is 1.35 bits per heavy atom. The highest BCUT2D eigenvalue weighted by Crippen LogP contribution is 2.10. The van der Waals surface area contributed by atoms with Gasteiger partial charge in [0.05, 0.1) is 19.0 Å². The highest BCUT2D eigenvalue weighted by atomic mass is 16.5. The second kappa shape index (κ2) is 5.12. The Labute approximate surface area is 99.1 Å². The average molecular weight is 228 g/mol. The fourth-order valence-electron chi connectivity index (χ4n) is 1.43. The third-order valence-corrected chi connectivity index (χ3v) is 2.26. The quantitative estimate of drug-likeness (QED) is 0.866. The standard InChI is InChI=1S/C12H12N4O/c1-9-15-12(16-17-9)8-14-11-4-2-10(3-5-11)6-7-13/h2-5,14H,6,8H2,1H3. The summed E-state index contributed by atoms with van der Waals surface area (Å²) in [5.74, 6) is 1.19. The zero-order chi connectivity index (χ0) is 12.1. The molecule has 2 rings (SSSR count). The molecule has 5 nitrogen and oxygen atoms in total. The largest absolute Gasteiger partial charge is 0.378 e. The second-order valence-corrected chi connectivity index (χ2v) is 3.61. The summed E-state index contributed by atoms with van der Waals surface area (Å²) in [7, 11) is 0. The fourth-order valence-corrected chi connectivity index (χ4v) is 1.43. The zero-order valence-electron chi connectivity index (χ0n) is 9.47. The minimum Gasteiger partial charge on any atom is -0.378 e. The van der Waals surface area contributed by atoms with E-state index < -0.39 is 0 Å². The number of nitrogens with zero attached hydrogens (tertiary/aromatic N) is 3. The molecule has 0 atom stereocenters. The Bertz CT molecular complexity index is 524. The van der Waals surface area contributed by atoms with Crippen LogP contribution in [0.5, 0.6) is 0 Å². The van der Waals surface area contributed by atoms with Gasteiger partial charge < -0.3 is 9.84 Å². The number of hydrogen-bond acceptors (Lipinski definition) is 5. The topological polar surface area (TPSA) is 74.7 Å². The molecular formula is C12H12N4O. The van der Waals surface area contributed by atoms with Crippen LogP contribution in [-0.4, -0.2) is 10.1 Å². The van der Waals surface area contributed by atoms with Gasteiger partial charge in [-0.3, -0.25) is 0 Å². The number of anilines is 1. The highest BCUT2D eigenvalue weighted by Gasteiger charge is 2.01. The van der Waals surface area contributed by atoms with Crippen LogP contribution in [0.4, 0.5) is 5.69 Å². The molecule has 1 aromatic heterocycles. The summed E-state index contributed by atoms with van der Waals surface area (Å²) in [5.41, 5.74) is 1.97. The van der Waals surface area contributed by atoms with Crippen LogP contribution >= 0.6 is 0 Å². The van der Waals surface area contributed by atoms with Crippen LogP contribution in [0, 0.1) is 18.3 Å². The SMILES string of the molecule is Cc1nc(CNc2ccc(CC#N)cc2)no1. The lowest BCUT2D eigenvalue weighted by Gasteiger charge is -2.03. The van der Waals surface area contributed by atoms with Gasteiger partial charge in [0.2, 0.25) is 5.89 Å². The maximum absolute atomic E-state index is 8.55. The third kappa shape index (κ3) is 3.05. The molecule has 17 heavy (non-hydrogen) atoms. The van der Waals surface area contributed by atoms with Crippen molar-refractivity contribution < 1.29 is 4.52 Å². The molecule has 86 valence electrons. The van der Waals surface area contributed by atoms with Crippen molar-refractivity contribution in [1.82, 2.24) is 10.1 Å². The van der Waals surface area contributed by atoms with E-state index in [2.05, 4.69) is 21.5 Å². The first-order chi connectivity index (χ1) is 8.28. The predicted octanol–water partition coefficient (Wildman–Crippen LogP) is 2.06. The van der Waals surface area contributed by atoms with Crippen LogP contribution in [0.1, 0.15) is 17.3 Å². The van der Waals surface area contributed by atoms with Crippen molar-refractivity contribution >= 4 is 5.69 Å². The summed E-state index contributed by atoms with van der Waals surface area (Å²) >= 11 is 0. The lowest BCUT2D eigenvalue weighted by molar-refractivity contribution is 0.388. The van der Waals surface area contributed by atoms with E-state index in [0.29, 0.717) is 24.7 Å². The van der Waals surface area contributed by atoms with Gasteiger partial charge in [0, 0.05) is 12.6 Å². The van der Waals surface area contributed by atoms with Gasteiger partial charge in [0.1, 0.15) is 0 Å². The second-order valence-electron chi connectivity index (χ2n) is 3.61. The summed E-state index contributed by atoms with van der Waals surface area (Å²) < 4.78 is 4.87. The normalized spacial score (nSPS) is 9.88. The first-order valence-electron chi connectivity index (χ1n) is 5.27. The van der Waals surface area contributed by atoms with Crippen LogP contribution in [0.15, 0.2) is 28.8 Å². The van der Waals surface area contributed by atoms with Crippen molar-refractivity contribution in [2.45, 2.75) is 19.9 Å². The van der Waals surface area contributed by atoms with E-state index in [1.54, 1.807) is 6.92 Å². The molecule has 0 aliphatic rings. The number of benzene rings is 1. The number of aromatic nitrogens is 2. The van der Waals surface area contributed by atoms with Crippen LogP contribution in [0.2, 0.25) is 0 Å². The summed E-state index contributed by atoms with van der Waals surface area (Å²) in [5, 5.41) is 15.5. The van der Waals surface area contributed by atoms with E-state index in [-0.39, 0.29) is 0 Å². The van der Waals surface area contributed by atoms with Crippen molar-refractivity contribution in [3.05, 3.63) is 41.5 Å². The van der Waals surface area contributed by atoms with Crippen molar-refractivity contribution in [3.8, 4) is 6.07 Å². The molecule has 5 heteroatoms. The van der Waals surface area contributed by atoms with Gasteiger partial charge in [0.15, 0.2) is 5.82 Å². The van der Waals surface area contributed by atoms with Gasteiger partial charge >= 0.3 is 0 Å². The lowest BCUT2D eigenvalue weighted by Crippen LogP contribution is -2.01. The summed E-state index contributed by atoms with van der Waals surface area (Å²) in [6, 6.07) is 9.82. The summed E-state index contributed by atoms with van der Waals surface area (Å²) in [6.07, 6.45) is 0.435. The van der Waals surface area contributed by atoms with Crippen molar-refractivity contribution in [1.29, 1.82) is 5.26 Å². The Morgan fingerprint density at radius 3 is 2.71 bits per heavy atom. The van der Waals surface area contributed by atoms with Crippen molar-refractivity contribution in [2.24, 2.45) is 0 Å². The summed E-state index contributed by atoms with van der Waals surface area (Å²) in [6.45, 7) is 2.28. The van der Waals surface area contributed by atoms with E-state index in [0.717, 1.165) is 11.3 Å². The minimum atomic E-state index is 0.435. The number of hydrogen-bond donors (Lipinski definition) is 1. The van der Waals surface area contributed by atoms with Crippen molar-refractivity contribution in [3.63, 3.8) is 0 Å². The Kier molecular flexibility index (Phi) is 3.36. The predicted molar refractivity (Wildman–Crippen MR) is 62.1 cm³/mol. The highest BCUT2D eigenvalue weighted by molar-refractivity contribution is 5.44. The molecule has 0 saturated carbocycles. The zero-order valence-corrected chi connectivity index (χ0v) is 9.47. The molecule has 0 aliphatic carbocycles. The number of rotatable bonds is 4. The number of aryl methyl sites for hydroxylation is 1. The Hall–Kier alpha value is -2.35. The molecule has 1 heterocycles. The molecule has 1 N–H and O–H groups in total. The van der Waals surface area contributed by atoms with Gasteiger partial charge in [0.25, 0.3) is 0 Å². The molecule has 2 aromatic rings. The van der Waals surface area contributed by atoms with Crippen LogP contribution in [0.3, 0.4) is 0 Å². The van der Waals surface area contributed by atoms with Crippen LogP contribution < -0.4 is 5.32 Å². The molecule has 0 bridgehead atoms. The first-order valence-corrected chi connectivity index (χ1v) is 5.27. The summed E-state index contributed by atoms with van der Waals surface area (Å²) in [4.78, 5) is 4.09. The molecule has 0 fully saturated rings. The van der Waals surface area contributed by atoms with E-state index in [4.69, 9.17) is 9.78 Å². The van der Waals surface area contributed by atoms with Crippen LogP contribution in [-0.2, 0) is 13.0 Å². The van der Waals surface area contributed by atoms with Gasteiger partial charge in [-0.2, -0.15) is 10.2 Å². The fraction of sp³-hybridized carbons (Fsp3) is 0.250.